The quantitative estimate of drug-likeness (QED) is 0.376. The number of thiol groups is 1. The molecule has 0 saturated carbocycles. The van der Waals surface area contributed by atoms with E-state index in [-0.39, 0.29) is 29.7 Å². The van der Waals surface area contributed by atoms with Crippen LogP contribution in [0.15, 0.2) is 53.5 Å². The smallest absolute Gasteiger partial charge is 0.254 e. The predicted molar refractivity (Wildman–Crippen MR) is 132 cm³/mol. The summed E-state index contributed by atoms with van der Waals surface area (Å²) in [4.78, 5) is 12.5. The molecule has 1 aliphatic rings. The lowest BCUT2D eigenvalue weighted by Crippen LogP contribution is -2.34. The summed E-state index contributed by atoms with van der Waals surface area (Å²) in [5.74, 6) is -1.12. The molecule has 0 spiro atoms. The Bertz CT molecular complexity index is 1360. The zero-order valence-electron chi connectivity index (χ0n) is 19.6. The molecule has 0 bridgehead atoms. The maximum atomic E-state index is 14.4. The van der Waals surface area contributed by atoms with Crippen molar-refractivity contribution in [3.8, 4) is 28.4 Å². The molecule has 0 aliphatic carbocycles. The molecule has 4 rings (SSSR count). The number of pyridine rings is 1. The van der Waals surface area contributed by atoms with E-state index in [9.17, 15) is 22.0 Å². The average Bonchev–Trinajstić information content (AvgIpc) is 2.84. The highest BCUT2D eigenvalue weighted by Gasteiger charge is 2.21. The van der Waals surface area contributed by atoms with Gasteiger partial charge in [-0.1, -0.05) is 6.07 Å². The van der Waals surface area contributed by atoms with Gasteiger partial charge in [0.15, 0.2) is 11.6 Å². The summed E-state index contributed by atoms with van der Waals surface area (Å²) < 4.78 is 65.5. The molecular formula is C25H27F2N3O5S. The Morgan fingerprint density at radius 2 is 1.78 bits per heavy atom. The van der Waals surface area contributed by atoms with Crippen LogP contribution < -0.4 is 25.1 Å². The van der Waals surface area contributed by atoms with Gasteiger partial charge in [0.05, 0.1) is 0 Å². The average molecular weight is 520 g/mol. The third-order valence-electron chi connectivity index (χ3n) is 5.87. The highest BCUT2D eigenvalue weighted by molar-refractivity contribution is 7.70. The summed E-state index contributed by atoms with van der Waals surface area (Å²) in [5, 5.41) is 3.27. The molecule has 2 aromatic carbocycles. The molecule has 2 N–H and O–H groups in total. The molecule has 2 heterocycles. The van der Waals surface area contributed by atoms with E-state index in [0.717, 1.165) is 43.6 Å². The van der Waals surface area contributed by atoms with E-state index in [2.05, 4.69) is 10.0 Å². The molecule has 0 unspecified atom stereocenters. The van der Waals surface area contributed by atoms with Crippen molar-refractivity contribution in [2.75, 3.05) is 19.6 Å². The molecule has 8 nitrogen and oxygen atoms in total. The minimum absolute atomic E-state index is 0.0863. The van der Waals surface area contributed by atoms with Gasteiger partial charge in [-0.15, -0.1) is 0 Å². The number of nitrogens with one attached hydrogen (secondary N) is 2. The van der Waals surface area contributed by atoms with Crippen LogP contribution in [0, 0.1) is 11.6 Å². The first kappa shape index (κ1) is 25.8. The van der Waals surface area contributed by atoms with Gasteiger partial charge in [-0.05, 0) is 62.2 Å². The van der Waals surface area contributed by atoms with Gasteiger partial charge in [-0.3, -0.25) is 4.79 Å². The molecule has 192 valence electrons. The van der Waals surface area contributed by atoms with Gasteiger partial charge < -0.3 is 19.4 Å². The Morgan fingerprint density at radius 3 is 2.50 bits per heavy atom. The van der Waals surface area contributed by atoms with E-state index >= 15 is 0 Å². The summed E-state index contributed by atoms with van der Waals surface area (Å²) in [6.07, 6.45) is 3.48. The van der Waals surface area contributed by atoms with Crippen molar-refractivity contribution in [1.29, 1.82) is 0 Å². The Kier molecular flexibility index (Phi) is 8.34. The van der Waals surface area contributed by atoms with Crippen molar-refractivity contribution in [3.05, 3.63) is 76.2 Å². The number of halogens is 2. The largest absolute Gasteiger partial charge is 0.489 e. The van der Waals surface area contributed by atoms with E-state index < -0.39 is 22.5 Å². The van der Waals surface area contributed by atoms with Crippen molar-refractivity contribution in [2.45, 2.75) is 25.4 Å². The minimum Gasteiger partial charge on any atom is -0.489 e. The summed E-state index contributed by atoms with van der Waals surface area (Å²) in [6.45, 7) is 1.79. The van der Waals surface area contributed by atoms with Crippen molar-refractivity contribution in [3.63, 3.8) is 0 Å². The SMILES string of the molecule is Cn1cc(-c2cc(CCN[SH](=O)=O)ccc2Oc2ccc(F)cc2F)c(OC2CCNCC2)cc1=O. The molecular weight excluding hydrogens is 492 g/mol. The first-order valence-electron chi connectivity index (χ1n) is 11.5. The number of rotatable bonds is 9. The van der Waals surface area contributed by atoms with E-state index in [1.165, 1.54) is 16.7 Å². The standard InChI is InChI=1S/C25H27F2N3O5S/c1-30-15-20(24(14-25(30)31)34-18-7-9-28-10-8-18)19-12-16(6-11-29-36(32)33)2-4-22(19)35-23-5-3-17(26)13-21(23)27/h2-5,12-15,18,28,36H,6-11H2,1H3,(H,29,32,33). The number of aromatic nitrogens is 1. The van der Waals surface area contributed by atoms with Crippen LogP contribution in [0.2, 0.25) is 0 Å². The van der Waals surface area contributed by atoms with Crippen LogP contribution in [0.1, 0.15) is 18.4 Å². The predicted octanol–water partition coefficient (Wildman–Crippen LogP) is 2.91. The lowest BCUT2D eigenvalue weighted by atomic mass is 10.0. The molecule has 3 aromatic rings. The molecule has 0 radical (unpaired) electrons. The van der Waals surface area contributed by atoms with E-state index in [4.69, 9.17) is 9.47 Å². The van der Waals surface area contributed by atoms with Crippen LogP contribution in [-0.4, -0.2) is 38.7 Å². The summed E-state index contributed by atoms with van der Waals surface area (Å²) >= 11 is 0. The first-order chi connectivity index (χ1) is 17.3. The topological polar surface area (TPSA) is 98.7 Å². The molecule has 1 aromatic heterocycles. The van der Waals surface area contributed by atoms with E-state index in [1.54, 1.807) is 31.4 Å². The number of benzene rings is 2. The van der Waals surface area contributed by atoms with Gasteiger partial charge in [-0.2, -0.15) is 0 Å². The lowest BCUT2D eigenvalue weighted by molar-refractivity contribution is 0.163. The van der Waals surface area contributed by atoms with Crippen LogP contribution in [-0.2, 0) is 24.4 Å². The second-order valence-corrected chi connectivity index (χ2v) is 9.32. The number of hydrogen-bond donors (Lipinski definition) is 3. The molecule has 0 amide bonds. The highest BCUT2D eigenvalue weighted by Crippen LogP contribution is 2.39. The van der Waals surface area contributed by atoms with E-state index in [0.29, 0.717) is 23.3 Å². The fraction of sp³-hybridized carbons (Fsp3) is 0.320. The van der Waals surface area contributed by atoms with E-state index in [1.807, 2.05) is 0 Å². The fourth-order valence-electron chi connectivity index (χ4n) is 4.01. The second-order valence-electron chi connectivity index (χ2n) is 8.49. The first-order valence-corrected chi connectivity index (χ1v) is 12.7. The van der Waals surface area contributed by atoms with Crippen molar-refractivity contribution >= 4 is 10.9 Å². The van der Waals surface area contributed by atoms with Crippen molar-refractivity contribution in [1.82, 2.24) is 14.6 Å². The zero-order chi connectivity index (χ0) is 25.7. The summed E-state index contributed by atoms with van der Waals surface area (Å²) in [6, 6.07) is 9.59. The normalized spacial score (nSPS) is 14.2. The molecule has 1 fully saturated rings. The van der Waals surface area contributed by atoms with Gasteiger partial charge >= 0.3 is 0 Å². The third kappa shape index (κ3) is 6.48. The number of nitrogens with zero attached hydrogens (tertiary/aromatic N) is 1. The number of piperidine rings is 1. The van der Waals surface area contributed by atoms with Crippen LogP contribution in [0.3, 0.4) is 0 Å². The maximum absolute atomic E-state index is 14.4. The van der Waals surface area contributed by atoms with Crippen molar-refractivity contribution in [2.24, 2.45) is 7.05 Å². The minimum atomic E-state index is -2.73. The van der Waals surface area contributed by atoms with Gasteiger partial charge in [-0.25, -0.2) is 21.9 Å². The van der Waals surface area contributed by atoms with Gasteiger partial charge in [0.1, 0.15) is 23.4 Å². The van der Waals surface area contributed by atoms with Crippen LogP contribution in [0.25, 0.3) is 11.1 Å². The van der Waals surface area contributed by atoms with Crippen LogP contribution >= 0.6 is 0 Å². The lowest BCUT2D eigenvalue weighted by Gasteiger charge is -2.25. The number of aryl methyl sites for hydroxylation is 1. The molecule has 36 heavy (non-hydrogen) atoms. The fourth-order valence-corrected chi connectivity index (χ4v) is 4.30. The Morgan fingerprint density at radius 1 is 1.03 bits per heavy atom. The van der Waals surface area contributed by atoms with Crippen LogP contribution in [0.4, 0.5) is 8.78 Å². The molecule has 1 aliphatic heterocycles. The highest BCUT2D eigenvalue weighted by atomic mass is 32.2. The molecule has 1 saturated heterocycles. The molecule has 11 heteroatoms. The van der Waals surface area contributed by atoms with Gasteiger partial charge in [0, 0.05) is 43.0 Å². The monoisotopic (exact) mass is 519 g/mol. The number of ether oxygens (including phenoxy) is 2. The zero-order valence-corrected chi connectivity index (χ0v) is 20.5. The van der Waals surface area contributed by atoms with Gasteiger partial charge in [0.2, 0.25) is 10.9 Å². The number of hydrogen-bond acceptors (Lipinski definition) is 6. The second kappa shape index (κ2) is 11.6. The Labute approximate surface area is 209 Å². The molecule has 0 atom stereocenters. The summed E-state index contributed by atoms with van der Waals surface area (Å²) in [5.41, 5.74) is 1.59. The summed E-state index contributed by atoms with van der Waals surface area (Å²) in [7, 11) is -1.12. The maximum Gasteiger partial charge on any atom is 0.254 e. The Hall–Kier alpha value is -3.28. The van der Waals surface area contributed by atoms with Gasteiger partial charge in [0.25, 0.3) is 5.56 Å². The third-order valence-corrected chi connectivity index (χ3v) is 6.35. The van der Waals surface area contributed by atoms with Crippen molar-refractivity contribution < 1.29 is 26.7 Å². The Balaban J connectivity index is 1.78. The van der Waals surface area contributed by atoms with Crippen LogP contribution in [0.5, 0.6) is 17.2 Å².